The fourth-order valence-corrected chi connectivity index (χ4v) is 1.84. The molecule has 0 atom stereocenters. The van der Waals surface area contributed by atoms with Crippen LogP contribution in [0.25, 0.3) is 0 Å². The van der Waals surface area contributed by atoms with Crippen molar-refractivity contribution in [2.24, 2.45) is 0 Å². The van der Waals surface area contributed by atoms with Gasteiger partial charge in [-0.05, 0) is 35.9 Å². The first-order valence-electron chi connectivity index (χ1n) is 6.10. The Morgan fingerprint density at radius 1 is 1.05 bits per heavy atom. The largest absolute Gasteiger partial charge is 0.418 e. The summed E-state index contributed by atoms with van der Waals surface area (Å²) in [6.07, 6.45) is -4.20. The van der Waals surface area contributed by atoms with Gasteiger partial charge in [-0.15, -0.1) is 0 Å². The Bertz CT molecular complexity index is 670. The molecular weight excluding hydrogens is 279 g/mol. The van der Waals surface area contributed by atoms with Crippen molar-refractivity contribution in [2.45, 2.75) is 12.6 Å². The number of hydrogen-bond acceptors (Lipinski definition) is 3. The second kappa shape index (κ2) is 5.75. The lowest BCUT2D eigenvalue weighted by molar-refractivity contribution is -0.136. The van der Waals surface area contributed by atoms with Crippen molar-refractivity contribution in [3.05, 3.63) is 53.6 Å². The maximum atomic E-state index is 12.8. The van der Waals surface area contributed by atoms with E-state index in [1.165, 1.54) is 12.1 Å². The summed E-state index contributed by atoms with van der Waals surface area (Å²) in [6.45, 7) is 0. The minimum atomic E-state index is -4.49. The van der Waals surface area contributed by atoms with Gasteiger partial charge in [-0.2, -0.15) is 18.4 Å². The van der Waals surface area contributed by atoms with Crippen LogP contribution in [-0.2, 0) is 12.6 Å². The van der Waals surface area contributed by atoms with Crippen LogP contribution in [0.2, 0.25) is 0 Å². The third-order valence-corrected chi connectivity index (χ3v) is 2.88. The molecule has 0 unspecified atom stereocenters. The molecule has 0 spiro atoms. The number of nitrogens with one attached hydrogen (secondary N) is 1. The average molecular weight is 291 g/mol. The smallest absolute Gasteiger partial charge is 0.398 e. The molecule has 2 rings (SSSR count). The van der Waals surface area contributed by atoms with Crippen molar-refractivity contribution < 1.29 is 13.2 Å². The SMILES string of the molecule is N#CCc1ccc(Nc2ccc(N)c(C(F)(F)F)c2)cc1. The Morgan fingerprint density at radius 3 is 2.24 bits per heavy atom. The summed E-state index contributed by atoms with van der Waals surface area (Å²) >= 11 is 0. The molecule has 108 valence electrons. The molecule has 0 amide bonds. The zero-order valence-corrected chi connectivity index (χ0v) is 10.9. The fourth-order valence-electron chi connectivity index (χ4n) is 1.84. The summed E-state index contributed by atoms with van der Waals surface area (Å²) in [6, 6.07) is 12.6. The van der Waals surface area contributed by atoms with Crippen molar-refractivity contribution in [1.82, 2.24) is 0 Å². The molecule has 0 radical (unpaired) electrons. The lowest BCUT2D eigenvalue weighted by Crippen LogP contribution is -2.09. The zero-order chi connectivity index (χ0) is 15.5. The van der Waals surface area contributed by atoms with Gasteiger partial charge in [0.1, 0.15) is 0 Å². The maximum absolute atomic E-state index is 12.8. The van der Waals surface area contributed by atoms with Gasteiger partial charge < -0.3 is 11.1 Å². The quantitative estimate of drug-likeness (QED) is 0.837. The number of nitrogen functional groups attached to an aromatic ring is 1. The number of alkyl halides is 3. The number of hydrogen-bond donors (Lipinski definition) is 2. The van der Waals surface area contributed by atoms with Crippen molar-refractivity contribution in [3.8, 4) is 6.07 Å². The molecule has 3 nitrogen and oxygen atoms in total. The summed E-state index contributed by atoms with van der Waals surface area (Å²) in [4.78, 5) is 0. The van der Waals surface area contributed by atoms with Gasteiger partial charge in [-0.1, -0.05) is 12.1 Å². The molecule has 0 aliphatic rings. The standard InChI is InChI=1S/C15H12F3N3/c16-15(17,18)13-9-12(5-6-14(13)20)21-11-3-1-10(2-4-11)7-8-19/h1-6,9,21H,7,20H2. The molecule has 0 saturated carbocycles. The summed E-state index contributed by atoms with van der Waals surface area (Å²) in [5.41, 5.74) is 5.94. The third-order valence-electron chi connectivity index (χ3n) is 2.88. The van der Waals surface area contributed by atoms with Crippen LogP contribution in [0.15, 0.2) is 42.5 Å². The monoisotopic (exact) mass is 291 g/mol. The number of nitrogens with two attached hydrogens (primary N) is 1. The van der Waals surface area contributed by atoms with E-state index in [-0.39, 0.29) is 5.69 Å². The van der Waals surface area contributed by atoms with E-state index in [0.717, 1.165) is 11.6 Å². The van der Waals surface area contributed by atoms with E-state index in [0.29, 0.717) is 17.8 Å². The van der Waals surface area contributed by atoms with Crippen LogP contribution in [0, 0.1) is 11.3 Å². The lowest BCUT2D eigenvalue weighted by atomic mass is 10.1. The van der Waals surface area contributed by atoms with Crippen molar-refractivity contribution in [2.75, 3.05) is 11.1 Å². The van der Waals surface area contributed by atoms with E-state index in [4.69, 9.17) is 11.0 Å². The predicted molar refractivity (Wildman–Crippen MR) is 74.9 cm³/mol. The van der Waals surface area contributed by atoms with Crippen LogP contribution in [0.1, 0.15) is 11.1 Å². The summed E-state index contributed by atoms with van der Waals surface area (Å²) < 4.78 is 38.3. The van der Waals surface area contributed by atoms with E-state index < -0.39 is 11.7 Å². The Balaban J connectivity index is 2.22. The van der Waals surface area contributed by atoms with Crippen molar-refractivity contribution >= 4 is 17.1 Å². The molecule has 0 aliphatic carbocycles. The fraction of sp³-hybridized carbons (Fsp3) is 0.133. The zero-order valence-electron chi connectivity index (χ0n) is 10.9. The van der Waals surface area contributed by atoms with E-state index >= 15 is 0 Å². The highest BCUT2D eigenvalue weighted by molar-refractivity contribution is 5.65. The van der Waals surface area contributed by atoms with Gasteiger partial charge in [0, 0.05) is 17.1 Å². The molecule has 3 N–H and O–H groups in total. The van der Waals surface area contributed by atoms with Gasteiger partial charge in [0.15, 0.2) is 0 Å². The van der Waals surface area contributed by atoms with Crippen molar-refractivity contribution in [1.29, 1.82) is 5.26 Å². The van der Waals surface area contributed by atoms with Crippen LogP contribution in [-0.4, -0.2) is 0 Å². The predicted octanol–water partition coefficient (Wildman–Crippen LogP) is 4.10. The van der Waals surface area contributed by atoms with Gasteiger partial charge >= 0.3 is 6.18 Å². The second-order valence-corrected chi connectivity index (χ2v) is 4.46. The van der Waals surface area contributed by atoms with Crippen molar-refractivity contribution in [3.63, 3.8) is 0 Å². The van der Waals surface area contributed by atoms with Gasteiger partial charge in [0.25, 0.3) is 0 Å². The van der Waals surface area contributed by atoms with Gasteiger partial charge in [0.05, 0.1) is 18.1 Å². The van der Waals surface area contributed by atoms with Crippen LogP contribution < -0.4 is 11.1 Å². The highest BCUT2D eigenvalue weighted by Crippen LogP contribution is 2.35. The molecular formula is C15H12F3N3. The molecule has 0 bridgehead atoms. The van der Waals surface area contributed by atoms with Gasteiger partial charge in [0.2, 0.25) is 0 Å². The highest BCUT2D eigenvalue weighted by Gasteiger charge is 2.33. The molecule has 6 heteroatoms. The molecule has 2 aromatic rings. The minimum Gasteiger partial charge on any atom is -0.398 e. The van der Waals surface area contributed by atoms with Crippen LogP contribution in [0.3, 0.4) is 0 Å². The molecule has 21 heavy (non-hydrogen) atoms. The Labute approximate surface area is 119 Å². The molecule has 0 fully saturated rings. The molecule has 0 aromatic heterocycles. The molecule has 0 saturated heterocycles. The minimum absolute atomic E-state index is 0.292. The molecule has 0 heterocycles. The first kappa shape index (κ1) is 14.7. The summed E-state index contributed by atoms with van der Waals surface area (Å²) in [5, 5.41) is 11.4. The maximum Gasteiger partial charge on any atom is 0.418 e. The number of nitriles is 1. The van der Waals surface area contributed by atoms with Crippen LogP contribution >= 0.6 is 0 Å². The van der Waals surface area contributed by atoms with E-state index in [1.54, 1.807) is 24.3 Å². The Morgan fingerprint density at radius 2 is 1.67 bits per heavy atom. The molecule has 2 aromatic carbocycles. The van der Waals surface area contributed by atoms with Gasteiger partial charge in [-0.25, -0.2) is 0 Å². The molecule has 0 aliphatic heterocycles. The van der Waals surface area contributed by atoms with Crippen LogP contribution in [0.5, 0.6) is 0 Å². The van der Waals surface area contributed by atoms with E-state index in [9.17, 15) is 13.2 Å². The van der Waals surface area contributed by atoms with E-state index in [1.807, 2.05) is 6.07 Å². The highest BCUT2D eigenvalue weighted by atomic mass is 19.4. The number of nitrogens with zero attached hydrogens (tertiary/aromatic N) is 1. The Hall–Kier alpha value is -2.68. The summed E-state index contributed by atoms with van der Waals surface area (Å²) in [7, 11) is 0. The topological polar surface area (TPSA) is 61.8 Å². The number of benzene rings is 2. The third kappa shape index (κ3) is 3.66. The summed E-state index contributed by atoms with van der Waals surface area (Å²) in [5.74, 6) is 0. The van der Waals surface area contributed by atoms with E-state index in [2.05, 4.69) is 5.32 Å². The first-order valence-corrected chi connectivity index (χ1v) is 6.10. The van der Waals surface area contributed by atoms with Gasteiger partial charge in [-0.3, -0.25) is 0 Å². The van der Waals surface area contributed by atoms with Crippen LogP contribution in [0.4, 0.5) is 30.2 Å². The normalized spacial score (nSPS) is 11.0. The second-order valence-electron chi connectivity index (χ2n) is 4.46. The Kier molecular flexibility index (Phi) is 4.03. The first-order chi connectivity index (χ1) is 9.90. The average Bonchev–Trinajstić information content (AvgIpc) is 2.42. The lowest BCUT2D eigenvalue weighted by Gasteiger charge is -2.13. The number of rotatable bonds is 3. The number of anilines is 3. The number of halogens is 3.